The molecule has 1 N–H and O–H groups in total. The number of aryl methyl sites for hydroxylation is 2. The lowest BCUT2D eigenvalue weighted by atomic mass is 10.2. The molecule has 22 heavy (non-hydrogen) atoms. The van der Waals surface area contributed by atoms with E-state index in [2.05, 4.69) is 10.5 Å². The number of carbonyl (C=O) groups is 1. The monoisotopic (exact) mass is 330 g/mol. The van der Waals surface area contributed by atoms with Gasteiger partial charge in [0.1, 0.15) is 11.0 Å². The van der Waals surface area contributed by atoms with Gasteiger partial charge < -0.3 is 14.6 Å². The predicted molar refractivity (Wildman–Crippen MR) is 80.0 cm³/mol. The van der Waals surface area contributed by atoms with Crippen LogP contribution in [-0.2, 0) is 25.1 Å². The number of sulfone groups is 1. The number of ether oxygens (including phenoxy) is 1. The molecule has 1 aliphatic heterocycles. The number of rotatable bonds is 6. The highest BCUT2D eigenvalue weighted by Gasteiger charge is 2.30. The van der Waals surface area contributed by atoms with Crippen LogP contribution < -0.4 is 5.32 Å². The molecular formula is C14H22N2O5S. The maximum absolute atomic E-state index is 12.4. The lowest BCUT2D eigenvalue weighted by molar-refractivity contribution is -0.120. The van der Waals surface area contributed by atoms with Crippen LogP contribution in [-0.4, -0.2) is 44.0 Å². The molecule has 2 heterocycles. The standard InChI is InChI=1S/C14H22N2O5S/c1-9-13(10(2)21-16-9)8-22(18,19)11(3)14(17)15-7-12-5-4-6-20-12/h11-12H,4-8H2,1-3H3,(H,15,17)/t11-,12+/m0/s1. The van der Waals surface area contributed by atoms with E-state index in [0.717, 1.165) is 12.8 Å². The van der Waals surface area contributed by atoms with E-state index in [-0.39, 0.29) is 11.9 Å². The fourth-order valence-corrected chi connectivity index (χ4v) is 3.83. The number of aromatic nitrogens is 1. The lowest BCUT2D eigenvalue weighted by Gasteiger charge is -2.15. The molecule has 0 radical (unpaired) electrons. The van der Waals surface area contributed by atoms with E-state index in [0.29, 0.717) is 30.2 Å². The summed E-state index contributed by atoms with van der Waals surface area (Å²) in [6.45, 7) is 5.79. The summed E-state index contributed by atoms with van der Waals surface area (Å²) in [5.41, 5.74) is 1.06. The van der Waals surface area contributed by atoms with Crippen LogP contribution in [0.15, 0.2) is 4.52 Å². The Hall–Kier alpha value is -1.41. The van der Waals surface area contributed by atoms with Crippen molar-refractivity contribution in [2.45, 2.75) is 50.7 Å². The normalized spacial score (nSPS) is 20.0. The summed E-state index contributed by atoms with van der Waals surface area (Å²) in [5, 5.41) is 5.27. The molecule has 0 aliphatic carbocycles. The molecule has 2 atom stereocenters. The van der Waals surface area contributed by atoms with Gasteiger partial charge in [-0.3, -0.25) is 4.79 Å². The van der Waals surface area contributed by atoms with Gasteiger partial charge in [-0.05, 0) is 33.6 Å². The average Bonchev–Trinajstić information content (AvgIpc) is 3.09. The number of hydrogen-bond acceptors (Lipinski definition) is 6. The minimum atomic E-state index is -3.63. The van der Waals surface area contributed by atoms with E-state index >= 15 is 0 Å². The van der Waals surface area contributed by atoms with Crippen molar-refractivity contribution in [2.75, 3.05) is 13.2 Å². The second-order valence-corrected chi connectivity index (χ2v) is 7.95. The molecule has 1 amide bonds. The molecule has 0 saturated carbocycles. The molecule has 2 rings (SSSR count). The van der Waals surface area contributed by atoms with Crippen LogP contribution in [0.1, 0.15) is 36.8 Å². The number of nitrogens with one attached hydrogen (secondary N) is 1. The first kappa shape index (κ1) is 17.0. The van der Waals surface area contributed by atoms with Crippen molar-refractivity contribution in [3.05, 3.63) is 17.0 Å². The third-order valence-electron chi connectivity index (χ3n) is 3.96. The zero-order chi connectivity index (χ0) is 16.3. The second kappa shape index (κ2) is 6.78. The molecule has 1 aromatic rings. The van der Waals surface area contributed by atoms with Crippen molar-refractivity contribution in [1.29, 1.82) is 0 Å². The summed E-state index contributed by atoms with van der Waals surface area (Å²) in [6, 6.07) is 0. The largest absolute Gasteiger partial charge is 0.376 e. The first-order chi connectivity index (χ1) is 10.3. The van der Waals surface area contributed by atoms with Gasteiger partial charge in [-0.25, -0.2) is 8.42 Å². The topological polar surface area (TPSA) is 98.5 Å². The molecule has 8 heteroatoms. The van der Waals surface area contributed by atoms with Gasteiger partial charge in [-0.15, -0.1) is 0 Å². The van der Waals surface area contributed by atoms with Crippen LogP contribution in [0.3, 0.4) is 0 Å². The minimum Gasteiger partial charge on any atom is -0.376 e. The summed E-state index contributed by atoms with van der Waals surface area (Å²) in [7, 11) is -3.63. The van der Waals surface area contributed by atoms with Gasteiger partial charge >= 0.3 is 0 Å². The first-order valence-corrected chi connectivity index (χ1v) is 9.05. The van der Waals surface area contributed by atoms with Crippen molar-refractivity contribution in [3.63, 3.8) is 0 Å². The Morgan fingerprint density at radius 3 is 2.73 bits per heavy atom. The third-order valence-corrected chi connectivity index (χ3v) is 5.95. The molecule has 1 aliphatic rings. The summed E-state index contributed by atoms with van der Waals surface area (Å²) in [6.07, 6.45) is 1.85. The Bertz CT molecular complexity index is 612. The van der Waals surface area contributed by atoms with Crippen LogP contribution in [0, 0.1) is 13.8 Å². The van der Waals surface area contributed by atoms with Crippen LogP contribution in [0.4, 0.5) is 0 Å². The summed E-state index contributed by atoms with van der Waals surface area (Å²) in [5.74, 6) is -0.279. The Morgan fingerprint density at radius 2 is 2.18 bits per heavy atom. The summed E-state index contributed by atoms with van der Waals surface area (Å²) in [4.78, 5) is 12.1. The van der Waals surface area contributed by atoms with E-state index in [1.807, 2.05) is 0 Å². The summed E-state index contributed by atoms with van der Waals surface area (Å²) < 4.78 is 35.1. The Kier molecular flexibility index (Phi) is 5.23. The number of amides is 1. The molecular weight excluding hydrogens is 308 g/mol. The van der Waals surface area contributed by atoms with Gasteiger partial charge in [-0.1, -0.05) is 5.16 Å². The highest BCUT2D eigenvalue weighted by atomic mass is 32.2. The average molecular weight is 330 g/mol. The third kappa shape index (κ3) is 3.86. The Morgan fingerprint density at radius 1 is 1.45 bits per heavy atom. The van der Waals surface area contributed by atoms with Crippen molar-refractivity contribution in [2.24, 2.45) is 0 Å². The van der Waals surface area contributed by atoms with E-state index in [4.69, 9.17) is 9.26 Å². The molecule has 1 saturated heterocycles. The maximum atomic E-state index is 12.4. The van der Waals surface area contributed by atoms with Crippen molar-refractivity contribution in [1.82, 2.24) is 10.5 Å². The minimum absolute atomic E-state index is 0.0126. The predicted octanol–water partition coefficient (Wildman–Crippen LogP) is 0.890. The van der Waals surface area contributed by atoms with E-state index in [1.54, 1.807) is 13.8 Å². The van der Waals surface area contributed by atoms with Gasteiger partial charge in [-0.2, -0.15) is 0 Å². The number of hydrogen-bond donors (Lipinski definition) is 1. The van der Waals surface area contributed by atoms with Crippen molar-refractivity contribution < 1.29 is 22.5 Å². The molecule has 0 aromatic carbocycles. The zero-order valence-electron chi connectivity index (χ0n) is 13.1. The van der Waals surface area contributed by atoms with Crippen LogP contribution in [0.5, 0.6) is 0 Å². The van der Waals surface area contributed by atoms with E-state index in [1.165, 1.54) is 6.92 Å². The molecule has 7 nitrogen and oxygen atoms in total. The van der Waals surface area contributed by atoms with Crippen molar-refractivity contribution >= 4 is 15.7 Å². The molecule has 0 unspecified atom stereocenters. The van der Waals surface area contributed by atoms with Gasteiger partial charge in [0.05, 0.1) is 17.6 Å². The maximum Gasteiger partial charge on any atom is 0.238 e. The van der Waals surface area contributed by atoms with Crippen LogP contribution in [0.2, 0.25) is 0 Å². The Balaban J connectivity index is 1.97. The van der Waals surface area contributed by atoms with E-state index in [9.17, 15) is 13.2 Å². The lowest BCUT2D eigenvalue weighted by Crippen LogP contribution is -2.41. The quantitative estimate of drug-likeness (QED) is 0.832. The summed E-state index contributed by atoms with van der Waals surface area (Å²) >= 11 is 0. The molecule has 124 valence electrons. The van der Waals surface area contributed by atoms with Gasteiger partial charge in [0, 0.05) is 18.7 Å². The SMILES string of the molecule is Cc1noc(C)c1CS(=O)(=O)[C@@H](C)C(=O)NC[C@H]1CCCO1. The zero-order valence-corrected chi connectivity index (χ0v) is 13.9. The fraction of sp³-hybridized carbons (Fsp3) is 0.714. The molecule has 1 aromatic heterocycles. The second-order valence-electron chi connectivity index (χ2n) is 5.63. The highest BCUT2D eigenvalue weighted by molar-refractivity contribution is 7.92. The fourth-order valence-electron chi connectivity index (χ4n) is 2.36. The van der Waals surface area contributed by atoms with Crippen LogP contribution >= 0.6 is 0 Å². The molecule has 1 fully saturated rings. The van der Waals surface area contributed by atoms with Gasteiger partial charge in [0.2, 0.25) is 5.91 Å². The smallest absolute Gasteiger partial charge is 0.238 e. The Labute approximate surface area is 130 Å². The molecule has 0 spiro atoms. The van der Waals surface area contributed by atoms with Crippen molar-refractivity contribution in [3.8, 4) is 0 Å². The van der Waals surface area contributed by atoms with Crippen LogP contribution in [0.25, 0.3) is 0 Å². The first-order valence-electron chi connectivity index (χ1n) is 7.34. The van der Waals surface area contributed by atoms with Gasteiger partial charge in [0.25, 0.3) is 0 Å². The molecule has 0 bridgehead atoms. The number of carbonyl (C=O) groups excluding carboxylic acids is 1. The van der Waals surface area contributed by atoms with E-state index < -0.39 is 21.0 Å². The number of nitrogens with zero attached hydrogens (tertiary/aromatic N) is 1. The van der Waals surface area contributed by atoms with Gasteiger partial charge in [0.15, 0.2) is 9.84 Å². The highest BCUT2D eigenvalue weighted by Crippen LogP contribution is 2.18.